The monoisotopic (exact) mass is 304 g/mol. The Labute approximate surface area is 119 Å². The van der Waals surface area contributed by atoms with Crippen molar-refractivity contribution in [2.75, 3.05) is 0 Å². The average molecular weight is 306 g/mol. The average Bonchev–Trinajstić information content (AvgIpc) is 2.30. The van der Waals surface area contributed by atoms with Crippen molar-refractivity contribution >= 4 is 34.8 Å². The molecule has 1 unspecified atom stereocenters. The largest absolute Gasteiger partial charge is 0.384 e. The van der Waals surface area contributed by atoms with Crippen LogP contribution in [0.5, 0.6) is 0 Å². The summed E-state index contributed by atoms with van der Waals surface area (Å²) in [6.45, 7) is 0. The predicted molar refractivity (Wildman–Crippen MR) is 71.9 cm³/mol. The van der Waals surface area contributed by atoms with Crippen LogP contribution in [-0.4, -0.2) is 5.11 Å². The van der Waals surface area contributed by atoms with Gasteiger partial charge in [0.1, 0.15) is 11.9 Å². The van der Waals surface area contributed by atoms with E-state index in [0.29, 0.717) is 16.1 Å². The van der Waals surface area contributed by atoms with Crippen LogP contribution < -0.4 is 0 Å². The standard InChI is InChI=1S/C13H8Cl3FO/c14-8-4-7(5-9(17)6-8)13(18)10-2-1-3-11(15)12(10)16/h1-6,13,18H. The third-order valence-corrected chi connectivity index (χ3v) is 3.53. The summed E-state index contributed by atoms with van der Waals surface area (Å²) >= 11 is 17.6. The van der Waals surface area contributed by atoms with Crippen molar-refractivity contribution in [3.63, 3.8) is 0 Å². The molecule has 1 nitrogen and oxygen atoms in total. The van der Waals surface area contributed by atoms with E-state index in [4.69, 9.17) is 34.8 Å². The second-order valence-electron chi connectivity index (χ2n) is 3.75. The van der Waals surface area contributed by atoms with Gasteiger partial charge in [0.15, 0.2) is 0 Å². The zero-order valence-electron chi connectivity index (χ0n) is 9.00. The number of hydrogen-bond acceptors (Lipinski definition) is 1. The highest BCUT2D eigenvalue weighted by Gasteiger charge is 2.16. The van der Waals surface area contributed by atoms with E-state index in [2.05, 4.69) is 0 Å². The fourth-order valence-corrected chi connectivity index (χ4v) is 2.29. The molecule has 5 heteroatoms. The van der Waals surface area contributed by atoms with Gasteiger partial charge < -0.3 is 5.11 Å². The minimum absolute atomic E-state index is 0.210. The van der Waals surface area contributed by atoms with Crippen molar-refractivity contribution in [3.8, 4) is 0 Å². The fraction of sp³-hybridized carbons (Fsp3) is 0.0769. The number of aliphatic hydroxyl groups excluding tert-OH is 1. The van der Waals surface area contributed by atoms with Crippen LogP contribution in [-0.2, 0) is 0 Å². The molecule has 0 bridgehead atoms. The van der Waals surface area contributed by atoms with Crippen LogP contribution in [0.3, 0.4) is 0 Å². The highest BCUT2D eigenvalue weighted by Crippen LogP contribution is 2.33. The van der Waals surface area contributed by atoms with E-state index >= 15 is 0 Å². The fourth-order valence-electron chi connectivity index (χ4n) is 1.64. The van der Waals surface area contributed by atoms with Gasteiger partial charge in [-0.15, -0.1) is 0 Å². The third kappa shape index (κ3) is 2.78. The minimum Gasteiger partial charge on any atom is -0.384 e. The first-order valence-electron chi connectivity index (χ1n) is 5.07. The van der Waals surface area contributed by atoms with Crippen LogP contribution in [0.25, 0.3) is 0 Å². The zero-order valence-corrected chi connectivity index (χ0v) is 11.3. The van der Waals surface area contributed by atoms with E-state index in [1.54, 1.807) is 18.2 Å². The highest BCUT2D eigenvalue weighted by atomic mass is 35.5. The molecule has 0 saturated heterocycles. The van der Waals surface area contributed by atoms with Crippen LogP contribution in [0.2, 0.25) is 15.1 Å². The summed E-state index contributed by atoms with van der Waals surface area (Å²) in [5, 5.41) is 11.0. The Morgan fingerprint density at radius 3 is 2.44 bits per heavy atom. The third-order valence-electron chi connectivity index (χ3n) is 2.48. The second-order valence-corrected chi connectivity index (χ2v) is 4.97. The first kappa shape index (κ1) is 13.6. The second kappa shape index (κ2) is 5.45. The molecule has 0 aliphatic heterocycles. The van der Waals surface area contributed by atoms with Gasteiger partial charge in [0, 0.05) is 10.6 Å². The van der Waals surface area contributed by atoms with Crippen molar-refractivity contribution in [2.45, 2.75) is 6.10 Å². The summed E-state index contributed by atoms with van der Waals surface area (Å²) < 4.78 is 13.2. The molecule has 2 aromatic carbocycles. The maximum atomic E-state index is 13.2. The molecule has 0 aliphatic rings. The lowest BCUT2D eigenvalue weighted by molar-refractivity contribution is 0.220. The molecule has 0 aromatic heterocycles. The Hall–Kier alpha value is -0.800. The molecule has 0 radical (unpaired) electrons. The molecule has 18 heavy (non-hydrogen) atoms. The van der Waals surface area contributed by atoms with E-state index < -0.39 is 11.9 Å². The number of hydrogen-bond donors (Lipinski definition) is 1. The number of aliphatic hydroxyl groups is 1. The molecular weight excluding hydrogens is 297 g/mol. The highest BCUT2D eigenvalue weighted by molar-refractivity contribution is 6.42. The summed E-state index contributed by atoms with van der Waals surface area (Å²) in [6, 6.07) is 8.74. The summed E-state index contributed by atoms with van der Waals surface area (Å²) in [5.41, 5.74) is 0.731. The van der Waals surface area contributed by atoms with Gasteiger partial charge in [0.25, 0.3) is 0 Å². The Kier molecular flexibility index (Phi) is 4.13. The van der Waals surface area contributed by atoms with Crippen molar-refractivity contribution in [2.24, 2.45) is 0 Å². The van der Waals surface area contributed by atoms with E-state index in [0.717, 1.165) is 6.07 Å². The predicted octanol–water partition coefficient (Wildman–Crippen LogP) is 4.87. The molecule has 0 heterocycles. The number of rotatable bonds is 2. The van der Waals surface area contributed by atoms with Gasteiger partial charge in [0.05, 0.1) is 10.0 Å². The van der Waals surface area contributed by atoms with Crippen LogP contribution in [0.1, 0.15) is 17.2 Å². The van der Waals surface area contributed by atoms with Crippen molar-refractivity contribution in [1.29, 1.82) is 0 Å². The molecule has 0 saturated carbocycles. The van der Waals surface area contributed by atoms with Crippen molar-refractivity contribution in [1.82, 2.24) is 0 Å². The molecular formula is C13H8Cl3FO. The molecule has 94 valence electrons. The van der Waals surface area contributed by atoms with Crippen molar-refractivity contribution < 1.29 is 9.50 Å². The molecule has 0 aliphatic carbocycles. The molecule has 0 fully saturated rings. The van der Waals surface area contributed by atoms with E-state index in [1.807, 2.05) is 0 Å². The Morgan fingerprint density at radius 1 is 1.06 bits per heavy atom. The molecule has 0 amide bonds. The van der Waals surface area contributed by atoms with Crippen LogP contribution in [0.15, 0.2) is 36.4 Å². The summed E-state index contributed by atoms with van der Waals surface area (Å²) in [5.74, 6) is -0.519. The van der Waals surface area contributed by atoms with Crippen LogP contribution in [0, 0.1) is 5.82 Å². The minimum atomic E-state index is -1.08. The van der Waals surface area contributed by atoms with Crippen LogP contribution >= 0.6 is 34.8 Å². The lowest BCUT2D eigenvalue weighted by Crippen LogP contribution is -2.01. The Balaban J connectivity index is 2.47. The maximum Gasteiger partial charge on any atom is 0.125 e. The smallest absolute Gasteiger partial charge is 0.125 e. The summed E-state index contributed by atoms with van der Waals surface area (Å²) in [4.78, 5) is 0. The quantitative estimate of drug-likeness (QED) is 0.839. The zero-order chi connectivity index (χ0) is 13.3. The Morgan fingerprint density at radius 2 is 1.78 bits per heavy atom. The van der Waals surface area contributed by atoms with Gasteiger partial charge in [-0.25, -0.2) is 4.39 Å². The maximum absolute atomic E-state index is 13.2. The summed E-state index contributed by atoms with van der Waals surface area (Å²) in [6.07, 6.45) is -1.08. The number of benzene rings is 2. The van der Waals surface area contributed by atoms with Gasteiger partial charge in [-0.2, -0.15) is 0 Å². The van der Waals surface area contributed by atoms with Gasteiger partial charge >= 0.3 is 0 Å². The van der Waals surface area contributed by atoms with Crippen LogP contribution in [0.4, 0.5) is 4.39 Å². The SMILES string of the molecule is OC(c1cc(F)cc(Cl)c1)c1cccc(Cl)c1Cl. The lowest BCUT2D eigenvalue weighted by atomic mass is 10.0. The van der Waals surface area contributed by atoms with Gasteiger partial charge in [-0.1, -0.05) is 46.9 Å². The van der Waals surface area contributed by atoms with Gasteiger partial charge in [-0.3, -0.25) is 0 Å². The Bertz CT molecular complexity index is 566. The van der Waals surface area contributed by atoms with E-state index in [9.17, 15) is 9.50 Å². The molecule has 1 atom stereocenters. The van der Waals surface area contributed by atoms with Gasteiger partial charge in [-0.05, 0) is 29.8 Å². The lowest BCUT2D eigenvalue weighted by Gasteiger charge is -2.14. The number of halogens is 4. The first-order chi connectivity index (χ1) is 8.49. The molecule has 2 rings (SSSR count). The van der Waals surface area contributed by atoms with E-state index in [1.165, 1.54) is 12.1 Å². The molecule has 2 aromatic rings. The van der Waals surface area contributed by atoms with Crippen molar-refractivity contribution in [3.05, 3.63) is 68.4 Å². The molecule has 0 spiro atoms. The van der Waals surface area contributed by atoms with Gasteiger partial charge in [0.2, 0.25) is 0 Å². The molecule has 1 N–H and O–H groups in total. The first-order valence-corrected chi connectivity index (χ1v) is 6.20. The topological polar surface area (TPSA) is 20.2 Å². The normalized spacial score (nSPS) is 12.5. The van der Waals surface area contributed by atoms with E-state index in [-0.39, 0.29) is 10.0 Å². The summed E-state index contributed by atoms with van der Waals surface area (Å²) in [7, 11) is 0.